The van der Waals surface area contributed by atoms with Crippen molar-refractivity contribution in [3.05, 3.63) is 28.8 Å². The van der Waals surface area contributed by atoms with Crippen LogP contribution in [0.4, 0.5) is 0 Å². The molecule has 2 rings (SSSR count). The Morgan fingerprint density at radius 1 is 1.29 bits per heavy atom. The average Bonchev–Trinajstić information content (AvgIpc) is 2.62. The van der Waals surface area contributed by atoms with Crippen molar-refractivity contribution in [2.24, 2.45) is 17.4 Å². The summed E-state index contributed by atoms with van der Waals surface area (Å²) in [5.41, 5.74) is 13.9. The Morgan fingerprint density at radius 3 is 2.29 bits per heavy atom. The number of phenolic OH excluding ortho intramolecular Hbond substituents is 1. The maximum atomic E-state index is 12.6. The van der Waals surface area contributed by atoms with Gasteiger partial charge in [0.05, 0.1) is 6.04 Å². The van der Waals surface area contributed by atoms with Gasteiger partial charge >= 0.3 is 5.97 Å². The van der Waals surface area contributed by atoms with Gasteiger partial charge in [0.15, 0.2) is 5.96 Å². The first kappa shape index (κ1) is 21.5. The Bertz CT molecular complexity index is 736. The van der Waals surface area contributed by atoms with E-state index in [9.17, 15) is 19.8 Å². The molecule has 9 nitrogen and oxygen atoms in total. The van der Waals surface area contributed by atoms with Gasteiger partial charge in [0.1, 0.15) is 11.8 Å². The van der Waals surface area contributed by atoms with E-state index in [-0.39, 0.29) is 24.0 Å². The van der Waals surface area contributed by atoms with Gasteiger partial charge in [-0.2, -0.15) is 0 Å². The van der Waals surface area contributed by atoms with Crippen LogP contribution in [-0.2, 0) is 16.0 Å². The van der Waals surface area contributed by atoms with Crippen molar-refractivity contribution in [3.63, 3.8) is 0 Å². The van der Waals surface area contributed by atoms with E-state index in [1.807, 2.05) is 0 Å². The first-order chi connectivity index (χ1) is 13.1. The quantitative estimate of drug-likeness (QED) is 0.294. The second-order valence-electron chi connectivity index (χ2n) is 7.40. The minimum absolute atomic E-state index is 0.00190. The number of carbonyl (C=O) groups excluding carboxylic acids is 1. The maximum absolute atomic E-state index is 12.6. The Morgan fingerprint density at radius 2 is 1.82 bits per heavy atom. The van der Waals surface area contributed by atoms with E-state index in [0.717, 1.165) is 16.7 Å². The third-order valence-corrected chi connectivity index (χ3v) is 5.39. The molecule has 1 aliphatic rings. The minimum atomic E-state index is -1.14. The van der Waals surface area contributed by atoms with E-state index in [4.69, 9.17) is 16.9 Å². The summed E-state index contributed by atoms with van der Waals surface area (Å²) in [7, 11) is 0. The van der Waals surface area contributed by atoms with Crippen molar-refractivity contribution in [1.29, 1.82) is 5.41 Å². The molecule has 0 unspecified atom stereocenters. The number of carbonyl (C=O) groups is 2. The zero-order valence-corrected chi connectivity index (χ0v) is 16.2. The van der Waals surface area contributed by atoms with Crippen LogP contribution in [0.3, 0.4) is 0 Å². The molecule has 1 heterocycles. The molecule has 0 radical (unpaired) electrons. The molecule has 0 spiro atoms. The molecule has 28 heavy (non-hydrogen) atoms. The third-order valence-electron chi connectivity index (χ3n) is 5.39. The number of carboxylic acid groups (broad SMARTS) is 1. The van der Waals surface area contributed by atoms with Gasteiger partial charge in [0.2, 0.25) is 5.91 Å². The van der Waals surface area contributed by atoms with Gasteiger partial charge in [-0.3, -0.25) is 10.2 Å². The summed E-state index contributed by atoms with van der Waals surface area (Å²) in [6.45, 7) is 4.68. The number of rotatable bonds is 6. The average molecular weight is 391 g/mol. The summed E-state index contributed by atoms with van der Waals surface area (Å²) in [6, 6.07) is 1.20. The van der Waals surface area contributed by atoms with E-state index in [2.05, 4.69) is 5.32 Å². The standard InChI is InChI=1S/C19H29N5O4/c1-10-7-13(25)8-11(2)14(10)9-15(18(27)28)23-17(26)16(20)12-3-5-24(6-4-12)19(21)22/h7-8,12,15-16,25H,3-6,9,20H2,1-2H3,(H3,21,22)(H,23,26)(H,27,28)/t15-,16+/m0/s1. The molecule has 154 valence electrons. The highest BCUT2D eigenvalue weighted by Crippen LogP contribution is 2.23. The molecule has 0 saturated carbocycles. The molecular weight excluding hydrogens is 362 g/mol. The molecule has 1 aliphatic heterocycles. The predicted molar refractivity (Wildman–Crippen MR) is 105 cm³/mol. The van der Waals surface area contributed by atoms with Crippen LogP contribution in [0.2, 0.25) is 0 Å². The molecule has 1 aromatic rings. The Kier molecular flexibility index (Phi) is 6.85. The van der Waals surface area contributed by atoms with E-state index >= 15 is 0 Å². The van der Waals surface area contributed by atoms with Crippen LogP contribution < -0.4 is 16.8 Å². The number of guanidine groups is 1. The normalized spacial score (nSPS) is 17.0. The van der Waals surface area contributed by atoms with Crippen molar-refractivity contribution in [3.8, 4) is 5.75 Å². The van der Waals surface area contributed by atoms with Crippen molar-refractivity contribution < 1.29 is 19.8 Å². The molecule has 1 amide bonds. The van der Waals surface area contributed by atoms with Crippen molar-refractivity contribution in [2.75, 3.05) is 13.1 Å². The number of carboxylic acids is 1. The molecular formula is C19H29N5O4. The van der Waals surface area contributed by atoms with E-state index < -0.39 is 24.0 Å². The second kappa shape index (κ2) is 8.92. The van der Waals surface area contributed by atoms with E-state index in [0.29, 0.717) is 25.9 Å². The van der Waals surface area contributed by atoms with Crippen molar-refractivity contribution >= 4 is 17.8 Å². The number of likely N-dealkylation sites (tertiary alicyclic amines) is 1. The van der Waals surface area contributed by atoms with Gasteiger partial charge in [-0.25, -0.2) is 4.79 Å². The summed E-state index contributed by atoms with van der Waals surface area (Å²) < 4.78 is 0. The number of nitrogens with one attached hydrogen (secondary N) is 2. The van der Waals surface area contributed by atoms with Gasteiger partial charge in [0, 0.05) is 19.5 Å². The van der Waals surface area contributed by atoms with Crippen molar-refractivity contribution in [1.82, 2.24) is 10.2 Å². The topological polar surface area (TPSA) is 166 Å². The number of nitrogens with two attached hydrogens (primary N) is 2. The van der Waals surface area contributed by atoms with Gasteiger partial charge in [0.25, 0.3) is 0 Å². The molecule has 0 aromatic heterocycles. The lowest BCUT2D eigenvalue weighted by Gasteiger charge is -2.34. The highest BCUT2D eigenvalue weighted by molar-refractivity contribution is 5.87. The van der Waals surface area contributed by atoms with Gasteiger partial charge < -0.3 is 31.9 Å². The first-order valence-corrected chi connectivity index (χ1v) is 9.27. The highest BCUT2D eigenvalue weighted by atomic mass is 16.4. The molecule has 1 aromatic carbocycles. The van der Waals surface area contributed by atoms with Gasteiger partial charge in [-0.05, 0) is 61.4 Å². The van der Waals surface area contributed by atoms with E-state index in [1.54, 1.807) is 30.9 Å². The summed E-state index contributed by atoms with van der Waals surface area (Å²) in [5.74, 6) is -1.61. The Balaban J connectivity index is 2.03. The monoisotopic (exact) mass is 391 g/mol. The number of hydrogen-bond donors (Lipinski definition) is 6. The van der Waals surface area contributed by atoms with E-state index in [1.165, 1.54) is 0 Å². The number of hydrogen-bond acceptors (Lipinski definition) is 5. The predicted octanol–water partition coefficient (Wildman–Crippen LogP) is 0.0537. The number of piperidine rings is 1. The first-order valence-electron chi connectivity index (χ1n) is 9.27. The van der Waals surface area contributed by atoms with Crippen LogP contribution in [0, 0.1) is 25.2 Å². The van der Waals surface area contributed by atoms with Crippen LogP contribution >= 0.6 is 0 Å². The molecule has 9 heteroatoms. The smallest absolute Gasteiger partial charge is 0.326 e. The molecule has 0 bridgehead atoms. The molecule has 0 aliphatic carbocycles. The summed E-state index contributed by atoms with van der Waals surface area (Å²) in [4.78, 5) is 26.0. The molecule has 8 N–H and O–H groups in total. The zero-order valence-electron chi connectivity index (χ0n) is 16.2. The molecule has 1 fully saturated rings. The van der Waals surface area contributed by atoms with Crippen LogP contribution in [0.25, 0.3) is 0 Å². The summed E-state index contributed by atoms with van der Waals surface area (Å²) >= 11 is 0. The largest absolute Gasteiger partial charge is 0.508 e. The van der Waals surface area contributed by atoms with Gasteiger partial charge in [-0.1, -0.05) is 0 Å². The lowest BCUT2D eigenvalue weighted by atomic mass is 9.89. The fourth-order valence-electron chi connectivity index (χ4n) is 3.68. The number of phenols is 1. The third kappa shape index (κ3) is 5.13. The van der Waals surface area contributed by atoms with Gasteiger partial charge in [-0.15, -0.1) is 0 Å². The Hall–Kier alpha value is -2.81. The molecule has 1 saturated heterocycles. The van der Waals surface area contributed by atoms with Crippen LogP contribution in [0.1, 0.15) is 29.5 Å². The fraction of sp³-hybridized carbons (Fsp3) is 0.526. The zero-order chi connectivity index (χ0) is 21.0. The van der Waals surface area contributed by atoms with Crippen LogP contribution in [-0.4, -0.2) is 58.1 Å². The number of aromatic hydroxyl groups is 1. The van der Waals surface area contributed by atoms with Crippen molar-refractivity contribution in [2.45, 2.75) is 45.2 Å². The Labute approximate surface area is 164 Å². The van der Waals surface area contributed by atoms with Crippen LogP contribution in [0.5, 0.6) is 5.75 Å². The second-order valence-corrected chi connectivity index (χ2v) is 7.40. The number of aryl methyl sites for hydroxylation is 2. The maximum Gasteiger partial charge on any atom is 0.326 e. The number of nitrogens with zero attached hydrogens (tertiary/aromatic N) is 1. The minimum Gasteiger partial charge on any atom is -0.508 e. The SMILES string of the molecule is Cc1cc(O)cc(C)c1C[C@H](NC(=O)[C@H](N)C1CCN(C(=N)N)CC1)C(=O)O. The summed E-state index contributed by atoms with van der Waals surface area (Å²) in [6.07, 6.45) is 1.33. The lowest BCUT2D eigenvalue weighted by molar-refractivity contribution is -0.142. The summed E-state index contributed by atoms with van der Waals surface area (Å²) in [5, 5.41) is 29.2. The number of amides is 1. The molecule has 2 atom stereocenters. The number of benzene rings is 1. The van der Waals surface area contributed by atoms with Crippen LogP contribution in [0.15, 0.2) is 12.1 Å². The number of aliphatic carboxylic acids is 1. The fourth-order valence-corrected chi connectivity index (χ4v) is 3.68. The highest BCUT2D eigenvalue weighted by Gasteiger charge is 2.31. The lowest BCUT2D eigenvalue weighted by Crippen LogP contribution is -2.54.